The summed E-state index contributed by atoms with van der Waals surface area (Å²) >= 11 is 1.40. The summed E-state index contributed by atoms with van der Waals surface area (Å²) in [7, 11) is 0. The summed E-state index contributed by atoms with van der Waals surface area (Å²) in [4.78, 5) is 4.33. The second-order valence-electron chi connectivity index (χ2n) is 4.67. The predicted molar refractivity (Wildman–Crippen MR) is 69.5 cm³/mol. The Morgan fingerprint density at radius 2 is 2.17 bits per heavy atom. The van der Waals surface area contributed by atoms with Gasteiger partial charge in [-0.25, -0.2) is 0 Å². The van der Waals surface area contributed by atoms with E-state index in [9.17, 15) is 15.3 Å². The number of nitrogens with zero attached hydrogens (tertiary/aromatic N) is 1. The summed E-state index contributed by atoms with van der Waals surface area (Å²) < 4.78 is 5.62. The highest BCUT2D eigenvalue weighted by atomic mass is 32.2. The molecule has 6 atom stereocenters. The number of hydrogen-bond donors (Lipinski definition) is 4. The molecule has 2 aliphatic rings. The molecule has 2 saturated heterocycles. The number of aliphatic hydroxyl groups is 3. The highest BCUT2D eigenvalue weighted by molar-refractivity contribution is 8.14. The van der Waals surface area contributed by atoms with Crippen molar-refractivity contribution >= 4 is 16.9 Å². The fourth-order valence-electron chi connectivity index (χ4n) is 2.12. The van der Waals surface area contributed by atoms with E-state index >= 15 is 0 Å². The van der Waals surface area contributed by atoms with Gasteiger partial charge < -0.3 is 25.4 Å². The van der Waals surface area contributed by atoms with Gasteiger partial charge in [0.1, 0.15) is 23.7 Å². The van der Waals surface area contributed by atoms with Crippen LogP contribution in [-0.4, -0.2) is 62.9 Å². The molecule has 0 bridgehead atoms. The lowest BCUT2D eigenvalue weighted by atomic mass is 9.95. The summed E-state index contributed by atoms with van der Waals surface area (Å²) in [6, 6.07) is -0.379. The van der Waals surface area contributed by atoms with Crippen molar-refractivity contribution in [2.45, 2.75) is 56.2 Å². The van der Waals surface area contributed by atoms with Gasteiger partial charge in [0.2, 0.25) is 0 Å². The maximum Gasteiger partial charge on any atom is 0.159 e. The molecule has 0 saturated carbocycles. The van der Waals surface area contributed by atoms with Gasteiger partial charge in [-0.3, -0.25) is 4.99 Å². The summed E-state index contributed by atoms with van der Waals surface area (Å²) in [6.45, 7) is 4.29. The van der Waals surface area contributed by atoms with Gasteiger partial charge in [-0.05, 0) is 13.3 Å². The third-order valence-corrected chi connectivity index (χ3v) is 4.22. The fourth-order valence-corrected chi connectivity index (χ4v) is 3.27. The third-order valence-electron chi connectivity index (χ3n) is 3.11. The Hall–Kier alpha value is -0.340. The van der Waals surface area contributed by atoms with Crippen LogP contribution in [0.3, 0.4) is 0 Å². The molecule has 0 radical (unpaired) electrons. The van der Waals surface area contributed by atoms with Crippen molar-refractivity contribution in [1.29, 1.82) is 0 Å². The van der Waals surface area contributed by atoms with E-state index in [0.29, 0.717) is 6.54 Å². The molecule has 2 rings (SSSR count). The Balaban J connectivity index is 2.07. The number of ether oxygens (including phenoxy) is 1. The van der Waals surface area contributed by atoms with E-state index in [-0.39, 0.29) is 11.5 Å². The highest BCUT2D eigenvalue weighted by Gasteiger charge is 2.50. The van der Waals surface area contributed by atoms with Crippen LogP contribution in [0.1, 0.15) is 20.3 Å². The van der Waals surface area contributed by atoms with Crippen LogP contribution in [0.15, 0.2) is 4.99 Å². The van der Waals surface area contributed by atoms with Crippen molar-refractivity contribution in [1.82, 2.24) is 5.32 Å². The number of thioether (sulfide) groups is 1. The Morgan fingerprint density at radius 3 is 2.78 bits per heavy atom. The monoisotopic (exact) mass is 276 g/mol. The van der Waals surface area contributed by atoms with Crippen LogP contribution >= 0.6 is 11.8 Å². The van der Waals surface area contributed by atoms with Gasteiger partial charge in [0.15, 0.2) is 5.17 Å². The number of fused-ring (bicyclic) bond motifs is 1. The Kier molecular flexibility index (Phi) is 4.50. The van der Waals surface area contributed by atoms with Crippen LogP contribution < -0.4 is 5.32 Å². The van der Waals surface area contributed by atoms with E-state index < -0.39 is 24.4 Å². The zero-order valence-corrected chi connectivity index (χ0v) is 11.3. The number of nitrogens with one attached hydrogen (secondary N) is 1. The number of aliphatic hydroxyl groups excluding tert-OH is 3. The van der Waals surface area contributed by atoms with Crippen molar-refractivity contribution in [3.63, 3.8) is 0 Å². The maximum absolute atomic E-state index is 10.0. The van der Waals surface area contributed by atoms with Crippen molar-refractivity contribution in [2.75, 3.05) is 6.54 Å². The van der Waals surface area contributed by atoms with Gasteiger partial charge in [0.25, 0.3) is 0 Å². The minimum atomic E-state index is -1.09. The molecular weight excluding hydrogens is 256 g/mol. The van der Waals surface area contributed by atoms with Gasteiger partial charge in [-0.15, -0.1) is 0 Å². The summed E-state index contributed by atoms with van der Waals surface area (Å²) in [5.74, 6) is 0. The molecule has 0 aromatic rings. The Bertz CT molecular complexity index is 326. The fraction of sp³-hybridized carbons (Fsp3) is 0.909. The van der Waals surface area contributed by atoms with Crippen LogP contribution in [-0.2, 0) is 4.74 Å². The molecule has 7 heteroatoms. The van der Waals surface area contributed by atoms with Gasteiger partial charge >= 0.3 is 0 Å². The summed E-state index contributed by atoms with van der Waals surface area (Å²) in [6.07, 6.45) is -2.70. The van der Waals surface area contributed by atoms with Gasteiger partial charge in [-0.2, -0.15) is 0 Å². The third kappa shape index (κ3) is 2.65. The predicted octanol–water partition coefficient (Wildman–Crippen LogP) is -0.715. The van der Waals surface area contributed by atoms with Gasteiger partial charge in [0.05, 0.1) is 12.1 Å². The maximum atomic E-state index is 10.0. The molecule has 0 aliphatic carbocycles. The number of amidine groups is 1. The standard InChI is InChI=1S/C11H20N2O4S/c1-3-4-12-11-13-6-7(15)8(16)9(5(2)14)17-10(6)18-11/h5-10,14-16H,3-4H2,1-2H3,(H,12,13). The first kappa shape index (κ1) is 14.1. The molecule has 2 aliphatic heterocycles. The molecule has 2 fully saturated rings. The van der Waals surface area contributed by atoms with Crippen LogP contribution in [0.4, 0.5) is 0 Å². The molecule has 6 nitrogen and oxygen atoms in total. The average Bonchev–Trinajstić information content (AvgIpc) is 2.74. The van der Waals surface area contributed by atoms with Crippen molar-refractivity contribution in [2.24, 2.45) is 4.99 Å². The molecule has 104 valence electrons. The molecule has 0 spiro atoms. The van der Waals surface area contributed by atoms with Gasteiger partial charge in [0, 0.05) is 6.54 Å². The van der Waals surface area contributed by atoms with E-state index in [4.69, 9.17) is 4.74 Å². The topological polar surface area (TPSA) is 94.3 Å². The number of hydrogen-bond acceptors (Lipinski definition) is 6. The lowest BCUT2D eigenvalue weighted by Gasteiger charge is -2.40. The summed E-state index contributed by atoms with van der Waals surface area (Å²) in [5.41, 5.74) is -0.321. The first-order valence-electron chi connectivity index (χ1n) is 6.22. The second-order valence-corrected chi connectivity index (χ2v) is 5.75. The summed E-state index contributed by atoms with van der Waals surface area (Å²) in [5, 5.41) is 33.3. The van der Waals surface area contributed by atoms with Crippen molar-refractivity contribution in [3.8, 4) is 0 Å². The largest absolute Gasteiger partial charge is 0.391 e. The zero-order valence-electron chi connectivity index (χ0n) is 10.5. The second kappa shape index (κ2) is 5.75. The van der Waals surface area contributed by atoms with E-state index in [1.807, 2.05) is 6.92 Å². The lowest BCUT2D eigenvalue weighted by Crippen LogP contribution is -2.61. The Morgan fingerprint density at radius 1 is 1.44 bits per heavy atom. The van der Waals surface area contributed by atoms with Crippen LogP contribution in [0.5, 0.6) is 0 Å². The molecule has 2 heterocycles. The van der Waals surface area contributed by atoms with E-state index in [2.05, 4.69) is 10.3 Å². The van der Waals surface area contributed by atoms with Crippen molar-refractivity contribution < 1.29 is 20.1 Å². The zero-order chi connectivity index (χ0) is 13.3. The number of rotatable bonds is 3. The molecule has 0 amide bonds. The normalized spacial score (nSPS) is 43.6. The van der Waals surface area contributed by atoms with Crippen molar-refractivity contribution in [3.05, 3.63) is 0 Å². The molecular formula is C11H20N2O4S. The molecule has 0 aromatic carbocycles. The quantitative estimate of drug-likeness (QED) is 0.544. The van der Waals surface area contributed by atoms with Crippen LogP contribution in [0, 0.1) is 0 Å². The van der Waals surface area contributed by atoms with E-state index in [1.54, 1.807) is 6.92 Å². The highest BCUT2D eigenvalue weighted by Crippen LogP contribution is 2.34. The smallest absolute Gasteiger partial charge is 0.159 e. The minimum absolute atomic E-state index is 0.321. The minimum Gasteiger partial charge on any atom is -0.391 e. The van der Waals surface area contributed by atoms with Crippen LogP contribution in [0.25, 0.3) is 0 Å². The molecule has 0 aromatic heterocycles. The molecule has 4 N–H and O–H groups in total. The van der Waals surface area contributed by atoms with E-state index in [0.717, 1.165) is 11.6 Å². The first-order valence-corrected chi connectivity index (χ1v) is 7.10. The molecule has 18 heavy (non-hydrogen) atoms. The van der Waals surface area contributed by atoms with Gasteiger partial charge in [-0.1, -0.05) is 18.7 Å². The first-order chi connectivity index (χ1) is 8.54. The van der Waals surface area contributed by atoms with E-state index in [1.165, 1.54) is 11.8 Å². The number of aliphatic imine (C=N–C) groups is 1. The Labute approximate surface area is 110 Å². The SMILES string of the molecule is CCCN=C1NC2C(OC(C(C)O)C(O)C2O)S1. The lowest BCUT2D eigenvalue weighted by molar-refractivity contribution is -0.184. The molecule has 6 unspecified atom stereocenters. The average molecular weight is 276 g/mol. The van der Waals surface area contributed by atoms with Crippen LogP contribution in [0.2, 0.25) is 0 Å².